The van der Waals surface area contributed by atoms with Crippen molar-refractivity contribution in [1.82, 2.24) is 4.90 Å². The first-order chi connectivity index (χ1) is 15.6. The molecule has 1 spiro atoms. The number of benzene rings is 3. The van der Waals surface area contributed by atoms with E-state index in [0.717, 1.165) is 22.4 Å². The molecule has 0 N–H and O–H groups in total. The zero-order chi connectivity index (χ0) is 22.3. The van der Waals surface area contributed by atoms with Gasteiger partial charge in [0.15, 0.2) is 4.87 Å². The molecule has 3 aromatic carbocycles. The van der Waals surface area contributed by atoms with Crippen LogP contribution in [0.3, 0.4) is 0 Å². The molecular weight excluding hydrogens is 418 g/mol. The topological polar surface area (TPSA) is 64.4 Å². The zero-order valence-corrected chi connectivity index (χ0v) is 18.4. The smallest absolute Gasteiger partial charge is 0.268 e. The highest BCUT2D eigenvalue weighted by Crippen LogP contribution is 2.54. The fourth-order valence-electron chi connectivity index (χ4n) is 4.61. The van der Waals surface area contributed by atoms with Gasteiger partial charge in [0.1, 0.15) is 0 Å². The Labute approximate surface area is 191 Å². The number of nitriles is 1. The molecule has 0 saturated carbocycles. The van der Waals surface area contributed by atoms with Crippen LogP contribution in [0.5, 0.6) is 0 Å². The summed E-state index contributed by atoms with van der Waals surface area (Å²) in [5.74, 6) is 0.463. The lowest BCUT2D eigenvalue weighted by Gasteiger charge is -2.33. The highest BCUT2D eigenvalue weighted by Gasteiger charge is 2.59. The van der Waals surface area contributed by atoms with Crippen LogP contribution in [0.15, 0.2) is 72.8 Å². The van der Waals surface area contributed by atoms with Crippen LogP contribution in [0.25, 0.3) is 0 Å². The van der Waals surface area contributed by atoms with Gasteiger partial charge in [-0.3, -0.25) is 9.59 Å². The fraction of sp³-hybridized carbons (Fsp3) is 0.192. The molecule has 5 nitrogen and oxygen atoms in total. The number of thioether (sulfide) groups is 1. The zero-order valence-electron chi connectivity index (χ0n) is 17.6. The van der Waals surface area contributed by atoms with E-state index in [2.05, 4.69) is 6.07 Å². The standard InChI is InChI=1S/C26H21N3O2S/c1-18-7-2-3-10-21(18)24(30)29-13-14-32-26(29)22-11-4-5-12-23(22)28(25(26)31)17-20-9-6-8-19(15-20)16-27/h2-12,15H,13-14,17H2,1H3. The summed E-state index contributed by atoms with van der Waals surface area (Å²) in [5, 5.41) is 9.25. The molecule has 1 unspecified atom stereocenters. The minimum absolute atomic E-state index is 0.106. The number of hydrogen-bond donors (Lipinski definition) is 0. The Balaban J connectivity index is 1.58. The Morgan fingerprint density at radius 1 is 1.09 bits per heavy atom. The van der Waals surface area contributed by atoms with Crippen molar-refractivity contribution in [1.29, 1.82) is 5.26 Å². The molecule has 1 fully saturated rings. The molecule has 1 saturated heterocycles. The van der Waals surface area contributed by atoms with E-state index in [-0.39, 0.29) is 11.8 Å². The van der Waals surface area contributed by atoms with Crippen LogP contribution in [-0.4, -0.2) is 29.0 Å². The molecule has 158 valence electrons. The van der Waals surface area contributed by atoms with E-state index >= 15 is 0 Å². The van der Waals surface area contributed by atoms with Crippen LogP contribution in [0.1, 0.15) is 32.6 Å². The predicted octanol–water partition coefficient (Wildman–Crippen LogP) is 4.46. The van der Waals surface area contributed by atoms with Gasteiger partial charge in [-0.05, 0) is 42.3 Å². The quantitative estimate of drug-likeness (QED) is 0.605. The third-order valence-corrected chi connectivity index (χ3v) is 7.54. The Bertz CT molecular complexity index is 1280. The molecule has 0 bridgehead atoms. The first-order valence-corrected chi connectivity index (χ1v) is 11.5. The Morgan fingerprint density at radius 2 is 1.88 bits per heavy atom. The Morgan fingerprint density at radius 3 is 2.69 bits per heavy atom. The molecule has 0 aliphatic carbocycles. The van der Waals surface area contributed by atoms with E-state index in [4.69, 9.17) is 0 Å². The highest BCUT2D eigenvalue weighted by molar-refractivity contribution is 8.01. The Hall–Kier alpha value is -3.56. The van der Waals surface area contributed by atoms with Gasteiger partial charge in [-0.1, -0.05) is 48.5 Å². The number of aryl methyl sites for hydroxylation is 1. The third kappa shape index (κ3) is 3.01. The van der Waals surface area contributed by atoms with E-state index in [1.165, 1.54) is 11.8 Å². The summed E-state index contributed by atoms with van der Waals surface area (Å²) in [4.78, 5) is 30.1. The van der Waals surface area contributed by atoms with E-state index < -0.39 is 4.87 Å². The van der Waals surface area contributed by atoms with Gasteiger partial charge < -0.3 is 9.80 Å². The van der Waals surface area contributed by atoms with Gasteiger partial charge in [0.2, 0.25) is 0 Å². The van der Waals surface area contributed by atoms with E-state index in [0.29, 0.717) is 30.0 Å². The summed E-state index contributed by atoms with van der Waals surface area (Å²) >= 11 is 1.52. The molecule has 2 heterocycles. The molecule has 0 radical (unpaired) electrons. The van der Waals surface area contributed by atoms with Crippen molar-refractivity contribution in [3.63, 3.8) is 0 Å². The number of amides is 2. The maximum Gasteiger partial charge on any atom is 0.268 e. The predicted molar refractivity (Wildman–Crippen MR) is 125 cm³/mol. The van der Waals surface area contributed by atoms with Crippen LogP contribution in [-0.2, 0) is 16.2 Å². The molecule has 2 amide bonds. The number of carbonyl (C=O) groups excluding carboxylic acids is 2. The molecule has 0 aromatic heterocycles. The van der Waals surface area contributed by atoms with Crippen molar-refractivity contribution in [2.45, 2.75) is 18.3 Å². The second-order valence-corrected chi connectivity index (χ2v) is 9.27. The van der Waals surface area contributed by atoms with Gasteiger partial charge in [-0.15, -0.1) is 11.8 Å². The Kier molecular flexibility index (Phi) is 4.99. The molecule has 2 aliphatic heterocycles. The summed E-state index contributed by atoms with van der Waals surface area (Å²) in [6.45, 7) is 2.78. The maximum atomic E-state index is 14.0. The lowest BCUT2D eigenvalue weighted by molar-refractivity contribution is -0.123. The lowest BCUT2D eigenvalue weighted by atomic mass is 10.0. The summed E-state index contributed by atoms with van der Waals surface area (Å²) in [5.41, 5.74) is 4.63. The van der Waals surface area contributed by atoms with E-state index in [1.807, 2.05) is 67.6 Å². The maximum absolute atomic E-state index is 14.0. The second kappa shape index (κ2) is 7.85. The molecule has 32 heavy (non-hydrogen) atoms. The van der Waals surface area contributed by atoms with E-state index in [9.17, 15) is 14.9 Å². The first kappa shape index (κ1) is 20.3. The molecular formula is C26H21N3O2S. The minimum atomic E-state index is -1.07. The number of anilines is 1. The average Bonchev–Trinajstić information content (AvgIpc) is 3.36. The first-order valence-electron chi connectivity index (χ1n) is 10.5. The van der Waals surface area contributed by atoms with Crippen molar-refractivity contribution in [3.8, 4) is 6.07 Å². The highest BCUT2D eigenvalue weighted by atomic mass is 32.2. The van der Waals surface area contributed by atoms with Gasteiger partial charge in [-0.25, -0.2) is 0 Å². The number of nitrogens with zero attached hydrogens (tertiary/aromatic N) is 3. The molecule has 2 aliphatic rings. The van der Waals surface area contributed by atoms with Crippen LogP contribution in [0.2, 0.25) is 0 Å². The van der Waals surface area contributed by atoms with Crippen LogP contribution in [0, 0.1) is 18.3 Å². The molecule has 6 heteroatoms. The van der Waals surface area contributed by atoms with Gasteiger partial charge in [0, 0.05) is 23.4 Å². The number of carbonyl (C=O) groups is 2. The summed E-state index contributed by atoms with van der Waals surface area (Å²) in [6.07, 6.45) is 0. The van der Waals surface area contributed by atoms with Crippen molar-refractivity contribution in [3.05, 3.63) is 101 Å². The van der Waals surface area contributed by atoms with E-state index in [1.54, 1.807) is 21.9 Å². The van der Waals surface area contributed by atoms with Crippen molar-refractivity contribution in [2.75, 3.05) is 17.2 Å². The molecule has 3 aromatic rings. The van der Waals surface area contributed by atoms with Crippen molar-refractivity contribution in [2.24, 2.45) is 0 Å². The lowest BCUT2D eigenvalue weighted by Crippen LogP contribution is -2.50. The fourth-order valence-corrected chi connectivity index (χ4v) is 6.07. The molecule has 5 rings (SSSR count). The van der Waals surface area contributed by atoms with Crippen molar-refractivity contribution < 1.29 is 9.59 Å². The monoisotopic (exact) mass is 439 g/mol. The van der Waals surface area contributed by atoms with Gasteiger partial charge >= 0.3 is 0 Å². The van der Waals surface area contributed by atoms with Crippen LogP contribution in [0.4, 0.5) is 5.69 Å². The number of rotatable bonds is 3. The van der Waals surface area contributed by atoms with Gasteiger partial charge in [0.05, 0.1) is 23.9 Å². The molecule has 1 atom stereocenters. The van der Waals surface area contributed by atoms with Crippen LogP contribution >= 0.6 is 11.8 Å². The summed E-state index contributed by atoms with van der Waals surface area (Å²) in [6, 6.07) is 24.7. The number of fused-ring (bicyclic) bond motifs is 2. The third-order valence-electron chi connectivity index (χ3n) is 6.12. The summed E-state index contributed by atoms with van der Waals surface area (Å²) in [7, 11) is 0. The summed E-state index contributed by atoms with van der Waals surface area (Å²) < 4.78 is 0. The largest absolute Gasteiger partial charge is 0.311 e. The van der Waals surface area contributed by atoms with Gasteiger partial charge in [0.25, 0.3) is 11.8 Å². The number of hydrogen-bond acceptors (Lipinski definition) is 4. The second-order valence-electron chi connectivity index (χ2n) is 7.98. The normalized spacial score (nSPS) is 19.3. The van der Waals surface area contributed by atoms with Gasteiger partial charge in [-0.2, -0.15) is 5.26 Å². The van der Waals surface area contributed by atoms with Crippen LogP contribution < -0.4 is 4.90 Å². The minimum Gasteiger partial charge on any atom is -0.311 e. The van der Waals surface area contributed by atoms with Crippen molar-refractivity contribution >= 4 is 29.3 Å². The average molecular weight is 440 g/mol. The number of para-hydroxylation sites is 1. The SMILES string of the molecule is Cc1ccccc1C(=O)N1CCSC12C(=O)N(Cc1cccc(C#N)c1)c1ccccc12.